The second-order valence-corrected chi connectivity index (χ2v) is 5.95. The van der Waals surface area contributed by atoms with Gasteiger partial charge >= 0.3 is 0 Å². The summed E-state index contributed by atoms with van der Waals surface area (Å²) in [5.74, 6) is -0.478. The van der Waals surface area contributed by atoms with E-state index in [0.29, 0.717) is 24.1 Å². The molecule has 112 valence electrons. The van der Waals surface area contributed by atoms with Gasteiger partial charge in [0.15, 0.2) is 0 Å². The number of nitrogens with zero attached hydrogens (tertiary/aromatic N) is 1. The lowest BCUT2D eigenvalue weighted by atomic mass is 9.84. The molecule has 1 aromatic carbocycles. The average Bonchev–Trinajstić information content (AvgIpc) is 2.38. The molecule has 2 nitrogen and oxygen atoms in total. The van der Waals surface area contributed by atoms with Gasteiger partial charge in [-0.2, -0.15) is 0 Å². The molecule has 0 aliphatic heterocycles. The highest BCUT2D eigenvalue weighted by Crippen LogP contribution is 2.32. The van der Waals surface area contributed by atoms with E-state index in [1.807, 2.05) is 7.05 Å². The first-order valence-corrected chi connectivity index (χ1v) is 7.41. The summed E-state index contributed by atoms with van der Waals surface area (Å²) in [6.07, 6.45) is 4.83. The Morgan fingerprint density at radius 1 is 1.20 bits per heavy atom. The van der Waals surface area contributed by atoms with E-state index in [4.69, 9.17) is 5.73 Å². The van der Waals surface area contributed by atoms with Gasteiger partial charge in [0.2, 0.25) is 0 Å². The number of nitrogens with two attached hydrogens (primary N) is 1. The van der Waals surface area contributed by atoms with Crippen LogP contribution >= 0.6 is 0 Å². The third-order valence-electron chi connectivity index (χ3n) is 4.57. The number of benzene rings is 1. The molecule has 20 heavy (non-hydrogen) atoms. The van der Waals surface area contributed by atoms with Gasteiger partial charge in [0, 0.05) is 24.7 Å². The van der Waals surface area contributed by atoms with E-state index in [9.17, 15) is 8.78 Å². The normalized spacial score (nSPS) is 24.9. The van der Waals surface area contributed by atoms with Gasteiger partial charge in [-0.3, -0.25) is 4.90 Å². The van der Waals surface area contributed by atoms with Crippen LogP contribution in [0.5, 0.6) is 0 Å². The topological polar surface area (TPSA) is 29.3 Å². The minimum absolute atomic E-state index is 0.134. The monoisotopic (exact) mass is 282 g/mol. The van der Waals surface area contributed by atoms with Gasteiger partial charge in [-0.1, -0.05) is 19.8 Å². The fourth-order valence-electron chi connectivity index (χ4n) is 3.44. The molecule has 2 N–H and O–H groups in total. The molecule has 1 aliphatic carbocycles. The molecule has 0 heterocycles. The van der Waals surface area contributed by atoms with Crippen molar-refractivity contribution >= 4 is 0 Å². The molecule has 0 bridgehead atoms. The summed E-state index contributed by atoms with van der Waals surface area (Å²) < 4.78 is 26.8. The molecule has 2 rings (SSSR count). The maximum Gasteiger partial charge on any atom is 0.126 e. The second-order valence-electron chi connectivity index (χ2n) is 5.95. The van der Waals surface area contributed by atoms with Crippen LogP contribution in [0.2, 0.25) is 0 Å². The van der Waals surface area contributed by atoms with Crippen LogP contribution in [0.15, 0.2) is 18.2 Å². The Morgan fingerprint density at radius 3 is 2.35 bits per heavy atom. The summed E-state index contributed by atoms with van der Waals surface area (Å²) in [7, 11) is 2.02. The SMILES string of the molecule is CC1CCCCC1N(C)C(CN)c1cc(F)cc(F)c1. The lowest BCUT2D eigenvalue weighted by Crippen LogP contribution is -2.43. The number of hydrogen-bond acceptors (Lipinski definition) is 2. The van der Waals surface area contributed by atoms with Gasteiger partial charge in [0.05, 0.1) is 0 Å². The van der Waals surface area contributed by atoms with Gasteiger partial charge < -0.3 is 5.73 Å². The third kappa shape index (κ3) is 3.36. The first-order valence-electron chi connectivity index (χ1n) is 7.41. The highest BCUT2D eigenvalue weighted by Gasteiger charge is 2.29. The summed E-state index contributed by atoms with van der Waals surface area (Å²) >= 11 is 0. The average molecular weight is 282 g/mol. The van der Waals surface area contributed by atoms with Gasteiger partial charge in [-0.25, -0.2) is 8.78 Å². The molecular formula is C16H24F2N2. The van der Waals surface area contributed by atoms with Crippen molar-refractivity contribution in [1.82, 2.24) is 4.90 Å². The molecule has 0 radical (unpaired) electrons. The smallest absolute Gasteiger partial charge is 0.126 e. The predicted octanol–water partition coefficient (Wildman–Crippen LogP) is 3.48. The Morgan fingerprint density at radius 2 is 1.80 bits per heavy atom. The first-order chi connectivity index (χ1) is 9.52. The van der Waals surface area contributed by atoms with E-state index < -0.39 is 11.6 Å². The van der Waals surface area contributed by atoms with Gasteiger partial charge in [-0.15, -0.1) is 0 Å². The molecule has 1 aromatic rings. The zero-order valence-electron chi connectivity index (χ0n) is 12.3. The molecule has 0 spiro atoms. The van der Waals surface area contributed by atoms with Crippen LogP contribution in [-0.4, -0.2) is 24.5 Å². The van der Waals surface area contributed by atoms with E-state index in [1.165, 1.54) is 31.4 Å². The summed E-state index contributed by atoms with van der Waals surface area (Å²) in [5, 5.41) is 0. The zero-order valence-corrected chi connectivity index (χ0v) is 12.3. The number of hydrogen-bond donors (Lipinski definition) is 1. The van der Waals surface area contributed by atoms with E-state index in [2.05, 4.69) is 11.8 Å². The van der Waals surface area contributed by atoms with Crippen molar-refractivity contribution < 1.29 is 8.78 Å². The molecule has 1 saturated carbocycles. The van der Waals surface area contributed by atoms with Gasteiger partial charge in [0.1, 0.15) is 11.6 Å². The van der Waals surface area contributed by atoms with Crippen LogP contribution in [0.25, 0.3) is 0 Å². The fraction of sp³-hybridized carbons (Fsp3) is 0.625. The van der Waals surface area contributed by atoms with Gasteiger partial charge in [0.25, 0.3) is 0 Å². The van der Waals surface area contributed by atoms with Crippen molar-refractivity contribution in [3.05, 3.63) is 35.4 Å². The standard InChI is InChI=1S/C16H24F2N2/c1-11-5-3-4-6-15(11)20(2)16(10-19)12-7-13(17)9-14(18)8-12/h7-9,11,15-16H,3-6,10,19H2,1-2H3. The number of likely N-dealkylation sites (N-methyl/N-ethyl adjacent to an activating group) is 1. The molecule has 0 aromatic heterocycles. The quantitative estimate of drug-likeness (QED) is 0.916. The Labute approximate surface area is 120 Å². The van der Waals surface area contributed by atoms with Crippen molar-refractivity contribution in [2.24, 2.45) is 11.7 Å². The number of rotatable bonds is 4. The largest absolute Gasteiger partial charge is 0.329 e. The molecule has 4 heteroatoms. The van der Waals surface area contributed by atoms with Crippen LogP contribution in [0.4, 0.5) is 8.78 Å². The molecule has 3 atom stereocenters. The van der Waals surface area contributed by atoms with Crippen molar-refractivity contribution in [1.29, 1.82) is 0 Å². The van der Waals surface area contributed by atoms with Crippen LogP contribution in [0, 0.1) is 17.6 Å². The Hall–Kier alpha value is -1.00. The zero-order chi connectivity index (χ0) is 14.7. The highest BCUT2D eigenvalue weighted by atomic mass is 19.1. The van der Waals surface area contributed by atoms with Crippen molar-refractivity contribution in [3.63, 3.8) is 0 Å². The summed E-state index contributed by atoms with van der Waals surface area (Å²) in [4.78, 5) is 2.21. The molecule has 1 fully saturated rings. The number of halogens is 2. The Bertz CT molecular complexity index is 430. The van der Waals surface area contributed by atoms with Crippen LogP contribution in [0.1, 0.15) is 44.2 Å². The summed E-state index contributed by atoms with van der Waals surface area (Å²) in [6.45, 7) is 2.61. The third-order valence-corrected chi connectivity index (χ3v) is 4.57. The maximum absolute atomic E-state index is 13.4. The van der Waals surface area contributed by atoms with E-state index in [0.717, 1.165) is 12.5 Å². The second kappa shape index (κ2) is 6.64. The molecule has 1 aliphatic rings. The Kier molecular flexibility index (Phi) is 5.11. The minimum Gasteiger partial charge on any atom is -0.329 e. The maximum atomic E-state index is 13.4. The lowest BCUT2D eigenvalue weighted by Gasteiger charge is -2.40. The van der Waals surface area contributed by atoms with E-state index >= 15 is 0 Å². The minimum atomic E-state index is -0.538. The van der Waals surface area contributed by atoms with Crippen molar-refractivity contribution in [2.45, 2.75) is 44.7 Å². The van der Waals surface area contributed by atoms with Gasteiger partial charge in [-0.05, 0) is 43.5 Å². The lowest BCUT2D eigenvalue weighted by molar-refractivity contribution is 0.0989. The molecule has 3 unspecified atom stereocenters. The molecular weight excluding hydrogens is 258 g/mol. The summed E-state index contributed by atoms with van der Waals surface area (Å²) in [5.41, 5.74) is 6.50. The molecule has 0 saturated heterocycles. The van der Waals surface area contributed by atoms with Crippen LogP contribution in [-0.2, 0) is 0 Å². The Balaban J connectivity index is 2.21. The van der Waals surface area contributed by atoms with E-state index in [1.54, 1.807) is 0 Å². The summed E-state index contributed by atoms with van der Waals surface area (Å²) in [6, 6.07) is 3.99. The predicted molar refractivity (Wildman–Crippen MR) is 77.3 cm³/mol. The van der Waals surface area contributed by atoms with Crippen LogP contribution < -0.4 is 5.73 Å². The highest BCUT2D eigenvalue weighted by molar-refractivity contribution is 5.22. The van der Waals surface area contributed by atoms with Crippen molar-refractivity contribution in [3.8, 4) is 0 Å². The van der Waals surface area contributed by atoms with Crippen LogP contribution in [0.3, 0.4) is 0 Å². The first kappa shape index (κ1) is 15.4. The van der Waals surface area contributed by atoms with E-state index in [-0.39, 0.29) is 6.04 Å². The molecule has 0 amide bonds. The fourth-order valence-corrected chi connectivity index (χ4v) is 3.44. The van der Waals surface area contributed by atoms with Crippen molar-refractivity contribution in [2.75, 3.05) is 13.6 Å².